The molecule has 0 radical (unpaired) electrons. The third kappa shape index (κ3) is 4.99. The lowest BCUT2D eigenvalue weighted by Gasteiger charge is -2.16. The number of hydrogen-bond donors (Lipinski definition) is 2. The summed E-state index contributed by atoms with van der Waals surface area (Å²) < 4.78 is 77.8. The highest BCUT2D eigenvalue weighted by Crippen LogP contribution is 2.29. The largest absolute Gasteiger partial charge is 0.416 e. The van der Waals surface area contributed by atoms with Crippen molar-refractivity contribution < 1.29 is 35.9 Å². The first kappa shape index (κ1) is 20.3. The van der Waals surface area contributed by atoms with Crippen LogP contribution < -0.4 is 11.1 Å². The number of halogens is 6. The second-order valence-corrected chi connectivity index (χ2v) is 5.57. The van der Waals surface area contributed by atoms with Gasteiger partial charge < -0.3 is 11.1 Å². The van der Waals surface area contributed by atoms with Gasteiger partial charge in [0.05, 0.1) is 5.56 Å². The lowest BCUT2D eigenvalue weighted by Crippen LogP contribution is -2.46. The minimum absolute atomic E-state index is 0.215. The fourth-order valence-corrected chi connectivity index (χ4v) is 2.28. The molecule has 4 nitrogen and oxygen atoms in total. The van der Waals surface area contributed by atoms with Gasteiger partial charge in [-0.2, -0.15) is 13.2 Å². The summed E-state index contributed by atoms with van der Waals surface area (Å²) in [4.78, 5) is 23.5. The van der Waals surface area contributed by atoms with Gasteiger partial charge in [-0.15, -0.1) is 0 Å². The van der Waals surface area contributed by atoms with Crippen LogP contribution >= 0.6 is 0 Å². The van der Waals surface area contributed by atoms with Gasteiger partial charge in [0.25, 0.3) is 5.91 Å². The predicted molar refractivity (Wildman–Crippen MR) is 81.9 cm³/mol. The minimum atomic E-state index is -4.55. The molecule has 0 saturated carbocycles. The van der Waals surface area contributed by atoms with Crippen LogP contribution in [0.1, 0.15) is 21.5 Å². The maximum Gasteiger partial charge on any atom is 0.416 e. The molecule has 144 valence electrons. The molecule has 2 amide bonds. The highest BCUT2D eigenvalue weighted by Gasteiger charge is 2.30. The second kappa shape index (κ2) is 7.68. The summed E-state index contributed by atoms with van der Waals surface area (Å²) in [6.45, 7) is 0. The average Bonchev–Trinajstić information content (AvgIpc) is 2.52. The predicted octanol–water partition coefficient (Wildman–Crippen LogP) is 2.95. The van der Waals surface area contributed by atoms with Crippen LogP contribution in [0.25, 0.3) is 0 Å². The number of carbonyl (C=O) groups excluding carboxylic acids is 2. The maximum atomic E-state index is 13.6. The van der Waals surface area contributed by atoms with E-state index in [4.69, 9.17) is 5.73 Å². The van der Waals surface area contributed by atoms with Gasteiger partial charge in [-0.3, -0.25) is 9.59 Å². The Kier molecular flexibility index (Phi) is 5.77. The Balaban J connectivity index is 2.19. The van der Waals surface area contributed by atoms with E-state index in [0.717, 1.165) is 24.3 Å². The lowest BCUT2D eigenvalue weighted by atomic mass is 10.0. The summed E-state index contributed by atoms with van der Waals surface area (Å²) >= 11 is 0. The summed E-state index contributed by atoms with van der Waals surface area (Å²) in [7, 11) is 0. The van der Waals surface area contributed by atoms with E-state index in [2.05, 4.69) is 0 Å². The van der Waals surface area contributed by atoms with Crippen molar-refractivity contribution in [2.24, 2.45) is 5.73 Å². The Morgan fingerprint density at radius 3 is 1.96 bits per heavy atom. The Bertz CT molecular complexity index is 842. The Morgan fingerprint density at radius 1 is 1.00 bits per heavy atom. The summed E-state index contributed by atoms with van der Waals surface area (Å²) in [5.41, 5.74) is 3.31. The Hall–Kier alpha value is -3.04. The van der Waals surface area contributed by atoms with E-state index >= 15 is 0 Å². The van der Waals surface area contributed by atoms with Gasteiger partial charge in [0.2, 0.25) is 5.91 Å². The number of rotatable bonds is 5. The molecule has 10 heteroatoms. The van der Waals surface area contributed by atoms with E-state index in [1.165, 1.54) is 0 Å². The van der Waals surface area contributed by atoms with Crippen LogP contribution in [-0.2, 0) is 17.4 Å². The quantitative estimate of drug-likeness (QED) is 0.771. The molecule has 2 aromatic rings. The van der Waals surface area contributed by atoms with Gasteiger partial charge in [0, 0.05) is 18.6 Å². The molecule has 27 heavy (non-hydrogen) atoms. The molecule has 0 aliphatic heterocycles. The van der Waals surface area contributed by atoms with E-state index in [0.29, 0.717) is 0 Å². The molecular formula is C17H12F6N2O2. The van der Waals surface area contributed by atoms with E-state index in [1.807, 2.05) is 5.32 Å². The van der Waals surface area contributed by atoms with Crippen molar-refractivity contribution >= 4 is 11.8 Å². The number of primary amides is 1. The van der Waals surface area contributed by atoms with Gasteiger partial charge in [-0.1, -0.05) is 12.1 Å². The Morgan fingerprint density at radius 2 is 1.52 bits per heavy atom. The monoisotopic (exact) mass is 390 g/mol. The van der Waals surface area contributed by atoms with Crippen molar-refractivity contribution in [3.05, 3.63) is 70.5 Å². The second-order valence-electron chi connectivity index (χ2n) is 5.57. The van der Waals surface area contributed by atoms with E-state index in [-0.39, 0.29) is 24.1 Å². The van der Waals surface area contributed by atoms with Crippen LogP contribution in [0.2, 0.25) is 0 Å². The summed E-state index contributed by atoms with van der Waals surface area (Å²) in [5.74, 6) is -6.64. The maximum absolute atomic E-state index is 13.6. The summed E-state index contributed by atoms with van der Waals surface area (Å²) in [6, 6.07) is 2.80. The van der Waals surface area contributed by atoms with Crippen LogP contribution in [-0.4, -0.2) is 17.9 Å². The molecule has 1 atom stereocenters. The highest BCUT2D eigenvalue weighted by atomic mass is 19.4. The lowest BCUT2D eigenvalue weighted by molar-refractivity contribution is -0.137. The first-order valence-electron chi connectivity index (χ1n) is 7.40. The first-order valence-corrected chi connectivity index (χ1v) is 7.40. The van der Waals surface area contributed by atoms with Gasteiger partial charge >= 0.3 is 6.18 Å². The van der Waals surface area contributed by atoms with Gasteiger partial charge in [0.1, 0.15) is 29.1 Å². The molecule has 0 heterocycles. The number of nitrogens with one attached hydrogen (secondary N) is 1. The van der Waals surface area contributed by atoms with E-state index in [9.17, 15) is 35.9 Å². The average molecular weight is 390 g/mol. The van der Waals surface area contributed by atoms with Gasteiger partial charge in [-0.25, -0.2) is 13.2 Å². The third-order valence-electron chi connectivity index (χ3n) is 3.60. The molecule has 0 unspecified atom stereocenters. The molecule has 0 aliphatic carbocycles. The molecule has 0 aliphatic rings. The molecule has 0 bridgehead atoms. The fourth-order valence-electron chi connectivity index (χ4n) is 2.28. The SMILES string of the molecule is NC(=O)[C@@H](Cc1ccc(C(F)(F)F)cc1)NC(=O)c1c(F)cc(F)cc1F. The number of hydrogen-bond acceptors (Lipinski definition) is 2. The Labute approximate surface area is 149 Å². The molecular weight excluding hydrogens is 378 g/mol. The van der Waals surface area contributed by atoms with E-state index < -0.39 is 52.6 Å². The number of benzene rings is 2. The smallest absolute Gasteiger partial charge is 0.368 e. The number of alkyl halides is 3. The number of amides is 2. The standard InChI is InChI=1S/C17H12F6N2O2/c18-10-6-11(19)14(12(20)7-10)16(27)25-13(15(24)26)5-8-1-3-9(4-2-8)17(21,22)23/h1-4,6-7,13H,5H2,(H2,24,26)(H,25,27)/t13-/m1/s1. The number of carbonyl (C=O) groups is 2. The summed E-state index contributed by atoms with van der Waals surface area (Å²) in [6.07, 6.45) is -4.86. The zero-order valence-electron chi connectivity index (χ0n) is 13.4. The van der Waals surface area contributed by atoms with Crippen LogP contribution in [0.4, 0.5) is 26.3 Å². The topological polar surface area (TPSA) is 72.2 Å². The van der Waals surface area contributed by atoms with Crippen LogP contribution in [0, 0.1) is 17.5 Å². The molecule has 0 spiro atoms. The minimum Gasteiger partial charge on any atom is -0.368 e. The van der Waals surface area contributed by atoms with Gasteiger partial charge in [0.15, 0.2) is 0 Å². The van der Waals surface area contributed by atoms with Gasteiger partial charge in [-0.05, 0) is 17.7 Å². The van der Waals surface area contributed by atoms with Crippen molar-refractivity contribution in [1.29, 1.82) is 0 Å². The third-order valence-corrected chi connectivity index (χ3v) is 3.60. The fraction of sp³-hybridized carbons (Fsp3) is 0.176. The van der Waals surface area contributed by atoms with Crippen molar-refractivity contribution in [2.45, 2.75) is 18.6 Å². The van der Waals surface area contributed by atoms with E-state index in [1.54, 1.807) is 0 Å². The zero-order valence-corrected chi connectivity index (χ0v) is 13.4. The molecule has 3 N–H and O–H groups in total. The van der Waals surface area contributed by atoms with Crippen molar-refractivity contribution in [1.82, 2.24) is 5.32 Å². The van der Waals surface area contributed by atoms with Crippen LogP contribution in [0.3, 0.4) is 0 Å². The molecule has 2 rings (SSSR count). The summed E-state index contributed by atoms with van der Waals surface area (Å²) in [5, 5.41) is 1.99. The van der Waals surface area contributed by atoms with Crippen LogP contribution in [0.5, 0.6) is 0 Å². The molecule has 2 aromatic carbocycles. The van der Waals surface area contributed by atoms with Crippen molar-refractivity contribution in [2.75, 3.05) is 0 Å². The van der Waals surface area contributed by atoms with Crippen molar-refractivity contribution in [3.63, 3.8) is 0 Å². The molecule has 0 aromatic heterocycles. The number of nitrogens with two attached hydrogens (primary N) is 1. The normalized spacial score (nSPS) is 12.5. The molecule has 0 saturated heterocycles. The van der Waals surface area contributed by atoms with Crippen LogP contribution in [0.15, 0.2) is 36.4 Å². The van der Waals surface area contributed by atoms with Crippen molar-refractivity contribution in [3.8, 4) is 0 Å². The first-order chi connectivity index (χ1) is 12.5. The highest BCUT2D eigenvalue weighted by molar-refractivity contribution is 5.97. The zero-order chi connectivity index (χ0) is 20.4. The molecule has 0 fully saturated rings.